The first-order valence-corrected chi connectivity index (χ1v) is 11.4. The minimum Gasteiger partial charge on any atom is -0.395 e. The van der Waals surface area contributed by atoms with E-state index in [0.717, 1.165) is 26.1 Å². The maximum absolute atomic E-state index is 9.06. The Labute approximate surface area is 163 Å². The van der Waals surface area contributed by atoms with Gasteiger partial charge in [0, 0.05) is 19.5 Å². The Hall–Kier alpha value is -0.830. The highest BCUT2D eigenvalue weighted by Gasteiger charge is 2.14. The molecule has 26 heavy (non-hydrogen) atoms. The van der Waals surface area contributed by atoms with Crippen molar-refractivity contribution in [1.82, 2.24) is 4.90 Å². The van der Waals surface area contributed by atoms with Crippen LogP contribution in [0.4, 0.5) is 0 Å². The third-order valence-electron chi connectivity index (χ3n) is 5.31. The van der Waals surface area contributed by atoms with Crippen LogP contribution in [0.5, 0.6) is 0 Å². The van der Waals surface area contributed by atoms with Crippen LogP contribution in [-0.4, -0.2) is 42.1 Å². The number of allylic oxidation sites excluding steroid dienone is 2. The van der Waals surface area contributed by atoms with Gasteiger partial charge in [-0.15, -0.1) is 0 Å². The summed E-state index contributed by atoms with van der Waals surface area (Å²) in [5.41, 5.74) is 0. The van der Waals surface area contributed by atoms with Gasteiger partial charge >= 0.3 is 0 Å². The minimum atomic E-state index is 0.244. The highest BCUT2D eigenvalue weighted by Crippen LogP contribution is 2.13. The number of hydrogen-bond acceptors (Lipinski definition) is 3. The summed E-state index contributed by atoms with van der Waals surface area (Å²) in [5, 5.41) is 9.06. The molecule has 0 aromatic rings. The lowest BCUT2D eigenvalue weighted by atomic mass is 10.1. The average molecular weight is 365 g/mol. The van der Waals surface area contributed by atoms with Gasteiger partial charge in [0.1, 0.15) is 0 Å². The maximum atomic E-state index is 9.06. The number of aliphatic imine (C=N–C) groups is 1. The van der Waals surface area contributed by atoms with Gasteiger partial charge in [0.25, 0.3) is 0 Å². The molecule has 0 amide bonds. The summed E-state index contributed by atoms with van der Waals surface area (Å²) in [7, 11) is 0. The van der Waals surface area contributed by atoms with E-state index in [1.54, 1.807) is 0 Å². The number of unbranched alkanes of at least 4 members (excludes halogenated alkanes) is 12. The maximum Gasteiger partial charge on any atom is 0.0991 e. The zero-order valence-electron chi connectivity index (χ0n) is 17.4. The normalized spacial score (nSPS) is 14.5. The molecule has 0 unspecified atom stereocenters. The van der Waals surface area contributed by atoms with Crippen LogP contribution < -0.4 is 0 Å². The Morgan fingerprint density at radius 1 is 0.846 bits per heavy atom. The highest BCUT2D eigenvalue weighted by molar-refractivity contribution is 5.83. The van der Waals surface area contributed by atoms with Crippen molar-refractivity contribution in [2.24, 2.45) is 4.99 Å². The monoisotopic (exact) mass is 364 g/mol. The molecule has 0 aromatic carbocycles. The fraction of sp³-hybridized carbons (Fsp3) is 0.870. The van der Waals surface area contributed by atoms with Gasteiger partial charge in [-0.05, 0) is 32.1 Å². The van der Waals surface area contributed by atoms with Crippen LogP contribution in [-0.2, 0) is 0 Å². The van der Waals surface area contributed by atoms with Crippen molar-refractivity contribution in [3.63, 3.8) is 0 Å². The second kappa shape index (κ2) is 17.6. The number of rotatable bonds is 18. The van der Waals surface area contributed by atoms with Gasteiger partial charge in [0.05, 0.1) is 19.0 Å². The van der Waals surface area contributed by atoms with Gasteiger partial charge in [0.15, 0.2) is 0 Å². The van der Waals surface area contributed by atoms with Gasteiger partial charge in [-0.25, -0.2) is 0 Å². The van der Waals surface area contributed by atoms with Crippen molar-refractivity contribution >= 4 is 5.84 Å². The summed E-state index contributed by atoms with van der Waals surface area (Å²) in [6.07, 6.45) is 24.9. The first kappa shape index (κ1) is 23.2. The molecule has 3 nitrogen and oxygen atoms in total. The molecular formula is C23H44N2O. The van der Waals surface area contributed by atoms with Crippen molar-refractivity contribution in [3.05, 3.63) is 12.2 Å². The molecule has 1 aliphatic rings. The van der Waals surface area contributed by atoms with Gasteiger partial charge in [-0.2, -0.15) is 0 Å². The molecule has 1 aliphatic heterocycles. The van der Waals surface area contributed by atoms with E-state index in [1.807, 2.05) is 0 Å². The number of hydrogen-bond donors (Lipinski definition) is 1. The smallest absolute Gasteiger partial charge is 0.0991 e. The van der Waals surface area contributed by atoms with Crippen LogP contribution in [0, 0.1) is 0 Å². The summed E-state index contributed by atoms with van der Waals surface area (Å²) in [6.45, 7) is 5.20. The Morgan fingerprint density at radius 2 is 1.42 bits per heavy atom. The lowest BCUT2D eigenvalue weighted by Gasteiger charge is -2.18. The molecule has 0 saturated heterocycles. The Morgan fingerprint density at radius 3 is 2.04 bits per heavy atom. The van der Waals surface area contributed by atoms with E-state index < -0.39 is 0 Å². The number of aliphatic hydroxyl groups is 1. The predicted octanol–water partition coefficient (Wildman–Crippen LogP) is 6.12. The van der Waals surface area contributed by atoms with Crippen molar-refractivity contribution in [3.8, 4) is 0 Å². The Bertz CT molecular complexity index is 365. The van der Waals surface area contributed by atoms with Crippen LogP contribution in [0.1, 0.15) is 103 Å². The first-order valence-electron chi connectivity index (χ1n) is 11.4. The lowest BCUT2D eigenvalue weighted by molar-refractivity contribution is 0.255. The van der Waals surface area contributed by atoms with Gasteiger partial charge in [-0.3, -0.25) is 4.99 Å². The van der Waals surface area contributed by atoms with Crippen LogP contribution >= 0.6 is 0 Å². The first-order chi connectivity index (χ1) is 12.9. The average Bonchev–Trinajstić information content (AvgIpc) is 3.09. The molecular weight excluding hydrogens is 320 g/mol. The lowest BCUT2D eigenvalue weighted by Crippen LogP contribution is -2.30. The van der Waals surface area contributed by atoms with Crippen molar-refractivity contribution in [2.75, 3.05) is 26.2 Å². The summed E-state index contributed by atoms with van der Waals surface area (Å²) in [4.78, 5) is 6.82. The van der Waals surface area contributed by atoms with E-state index in [1.165, 1.54) is 95.7 Å². The number of aliphatic hydroxyl groups excluding tert-OH is 1. The molecule has 0 bridgehead atoms. The molecule has 0 atom stereocenters. The molecule has 0 radical (unpaired) electrons. The number of amidine groups is 1. The predicted molar refractivity (Wildman–Crippen MR) is 115 cm³/mol. The molecule has 0 spiro atoms. The molecule has 0 saturated carbocycles. The van der Waals surface area contributed by atoms with E-state index in [4.69, 9.17) is 5.11 Å². The largest absolute Gasteiger partial charge is 0.395 e. The van der Waals surface area contributed by atoms with Gasteiger partial charge in [0.2, 0.25) is 0 Å². The summed E-state index contributed by atoms with van der Waals surface area (Å²) < 4.78 is 0. The van der Waals surface area contributed by atoms with Crippen molar-refractivity contribution in [2.45, 2.75) is 103 Å². The molecule has 152 valence electrons. The summed E-state index contributed by atoms with van der Waals surface area (Å²) >= 11 is 0. The minimum absolute atomic E-state index is 0.244. The number of nitrogens with zero attached hydrogens (tertiary/aromatic N) is 2. The van der Waals surface area contributed by atoms with Crippen LogP contribution in [0.2, 0.25) is 0 Å². The second-order valence-electron chi connectivity index (χ2n) is 7.70. The van der Waals surface area contributed by atoms with E-state index >= 15 is 0 Å². The summed E-state index contributed by atoms with van der Waals surface area (Å²) in [5.74, 6) is 1.23. The molecule has 3 heteroatoms. The zero-order chi connectivity index (χ0) is 18.7. The van der Waals surface area contributed by atoms with E-state index in [0.29, 0.717) is 0 Å². The highest BCUT2D eigenvalue weighted by atomic mass is 16.3. The van der Waals surface area contributed by atoms with E-state index in [9.17, 15) is 0 Å². The fourth-order valence-corrected chi connectivity index (χ4v) is 3.66. The topological polar surface area (TPSA) is 35.8 Å². The van der Waals surface area contributed by atoms with Crippen LogP contribution in [0.15, 0.2) is 17.1 Å². The Kier molecular flexibility index (Phi) is 15.7. The molecule has 0 fully saturated rings. The van der Waals surface area contributed by atoms with Gasteiger partial charge in [-0.1, -0.05) is 76.9 Å². The Balaban J connectivity index is 1.79. The number of β-amino-alcohol motifs (C(OH)–C–C–N with tert-alkyl or cyclic N) is 1. The molecule has 0 aliphatic carbocycles. The third kappa shape index (κ3) is 12.5. The summed E-state index contributed by atoms with van der Waals surface area (Å²) in [6, 6.07) is 0. The molecule has 1 rings (SSSR count). The van der Waals surface area contributed by atoms with Crippen LogP contribution in [0.25, 0.3) is 0 Å². The third-order valence-corrected chi connectivity index (χ3v) is 5.31. The molecule has 1 heterocycles. The fourth-order valence-electron chi connectivity index (χ4n) is 3.66. The van der Waals surface area contributed by atoms with Crippen LogP contribution in [0.3, 0.4) is 0 Å². The SMILES string of the molecule is CCCCCC/C=C/CCCCCCCCCCC1=NCCN1CCO. The van der Waals surface area contributed by atoms with Crippen molar-refractivity contribution < 1.29 is 5.11 Å². The standard InChI is InChI=1S/C23H44N2O/c1-2-3-4-5-6-7-8-9-10-11-12-13-14-15-16-17-18-23-24-19-20-25(23)21-22-26/h7-8,26H,2-6,9-22H2,1H3/b8-7+. The zero-order valence-corrected chi connectivity index (χ0v) is 17.4. The second-order valence-corrected chi connectivity index (χ2v) is 7.70. The van der Waals surface area contributed by atoms with Crippen molar-refractivity contribution in [1.29, 1.82) is 0 Å². The molecule has 1 N–H and O–H groups in total. The quantitative estimate of drug-likeness (QED) is 0.235. The van der Waals surface area contributed by atoms with Gasteiger partial charge < -0.3 is 10.0 Å². The van der Waals surface area contributed by atoms with E-state index in [2.05, 4.69) is 29.0 Å². The van der Waals surface area contributed by atoms with E-state index in [-0.39, 0.29) is 6.61 Å². The molecule has 0 aromatic heterocycles.